The zero-order valence-electron chi connectivity index (χ0n) is 27.6. The van der Waals surface area contributed by atoms with Crippen LogP contribution in [0.2, 0.25) is 0 Å². The first-order valence-corrected chi connectivity index (χ1v) is 16.8. The van der Waals surface area contributed by atoms with E-state index in [1.165, 1.54) is 11.3 Å². The summed E-state index contributed by atoms with van der Waals surface area (Å²) in [5.74, 6) is 0.514. The monoisotopic (exact) mass is 614 g/mol. The van der Waals surface area contributed by atoms with E-state index in [2.05, 4.69) is 68.5 Å². The zero-order valence-corrected chi connectivity index (χ0v) is 27.6. The molecule has 4 heterocycles. The number of allylic oxidation sites excluding steroid dienone is 1. The molecule has 4 fully saturated rings. The van der Waals surface area contributed by atoms with E-state index in [0.29, 0.717) is 24.7 Å². The van der Waals surface area contributed by atoms with Crippen LogP contribution in [-0.2, 0) is 24.5 Å². The van der Waals surface area contributed by atoms with Gasteiger partial charge in [-0.2, -0.15) is 0 Å². The van der Waals surface area contributed by atoms with Crippen LogP contribution in [0.5, 0.6) is 0 Å². The van der Waals surface area contributed by atoms with Crippen molar-refractivity contribution < 1.29 is 19.1 Å². The molecule has 1 aromatic carbocycles. The number of rotatable bonds is 9. The van der Waals surface area contributed by atoms with Gasteiger partial charge in [0.2, 0.25) is 11.8 Å². The van der Waals surface area contributed by atoms with E-state index in [4.69, 9.17) is 9.47 Å². The molecule has 4 aliphatic rings. The molecule has 2 aromatic rings. The zero-order chi connectivity index (χ0) is 31.9. The summed E-state index contributed by atoms with van der Waals surface area (Å²) in [7, 11) is 0. The van der Waals surface area contributed by atoms with E-state index in [-0.39, 0.29) is 53.2 Å². The predicted molar refractivity (Wildman–Crippen MR) is 175 cm³/mol. The molecule has 0 spiro atoms. The summed E-state index contributed by atoms with van der Waals surface area (Å²) in [6, 6.07) is 11.1. The normalized spacial score (nSPS) is 27.0. The first kappa shape index (κ1) is 31.7. The van der Waals surface area contributed by atoms with Crippen LogP contribution in [0.25, 0.3) is 0 Å². The maximum absolute atomic E-state index is 15.0. The van der Waals surface area contributed by atoms with E-state index in [1.54, 1.807) is 17.3 Å². The molecule has 8 heteroatoms. The predicted octanol–water partition coefficient (Wildman–Crippen LogP) is 5.85. The number of nitrogens with zero attached hydrogens (tertiary/aromatic N) is 3. The number of pyridine rings is 1. The summed E-state index contributed by atoms with van der Waals surface area (Å²) >= 11 is 0. The van der Waals surface area contributed by atoms with E-state index in [0.717, 1.165) is 44.5 Å². The smallest absolute Gasteiger partial charge is 0.248 e. The number of amides is 2. The Hall–Kier alpha value is -3.23. The van der Waals surface area contributed by atoms with E-state index < -0.39 is 6.04 Å². The Morgan fingerprint density at radius 3 is 2.42 bits per heavy atom. The van der Waals surface area contributed by atoms with Gasteiger partial charge in [0.15, 0.2) is 6.29 Å². The molecular weight excluding hydrogens is 564 g/mol. The third-order valence-corrected chi connectivity index (χ3v) is 10.3. The number of aromatic nitrogens is 1. The van der Waals surface area contributed by atoms with Crippen LogP contribution in [0.4, 0.5) is 5.69 Å². The number of carbonyl (C=O) groups excluding carboxylic acids is 2. The highest BCUT2D eigenvalue weighted by Crippen LogP contribution is 2.53. The summed E-state index contributed by atoms with van der Waals surface area (Å²) in [6.07, 6.45) is 6.78. The molecule has 3 aliphatic heterocycles. The van der Waals surface area contributed by atoms with Crippen molar-refractivity contribution in [2.75, 3.05) is 31.2 Å². The van der Waals surface area contributed by atoms with E-state index in [1.807, 2.05) is 24.3 Å². The van der Waals surface area contributed by atoms with Crippen LogP contribution >= 0.6 is 0 Å². The third-order valence-electron chi connectivity index (χ3n) is 10.3. The Labute approximate surface area is 268 Å². The van der Waals surface area contributed by atoms with Gasteiger partial charge in [-0.15, -0.1) is 0 Å². The Morgan fingerprint density at radius 1 is 1.07 bits per heavy atom. The lowest BCUT2D eigenvalue weighted by atomic mass is 9.85. The minimum absolute atomic E-state index is 0.0167. The average molecular weight is 615 g/mol. The molecule has 2 amide bonds. The highest BCUT2D eigenvalue weighted by Gasteiger charge is 2.58. The van der Waals surface area contributed by atoms with Crippen molar-refractivity contribution in [3.8, 4) is 0 Å². The second kappa shape index (κ2) is 12.9. The van der Waals surface area contributed by atoms with Crippen LogP contribution in [0.1, 0.15) is 77.5 Å². The maximum Gasteiger partial charge on any atom is 0.248 e. The van der Waals surface area contributed by atoms with Gasteiger partial charge in [0.05, 0.1) is 13.2 Å². The molecule has 6 rings (SSSR count). The van der Waals surface area contributed by atoms with Gasteiger partial charge in [-0.05, 0) is 66.7 Å². The lowest BCUT2D eigenvalue weighted by molar-refractivity contribution is -0.167. The van der Waals surface area contributed by atoms with Crippen molar-refractivity contribution >= 4 is 17.5 Å². The van der Waals surface area contributed by atoms with Gasteiger partial charge in [0.25, 0.3) is 0 Å². The number of fused-ring (bicyclic) bond motifs is 1. The van der Waals surface area contributed by atoms with Gasteiger partial charge in [-0.3, -0.25) is 19.5 Å². The molecule has 0 radical (unpaired) electrons. The Bertz CT molecular complexity index is 1360. The molecule has 1 N–H and O–H groups in total. The van der Waals surface area contributed by atoms with Crippen molar-refractivity contribution in [1.82, 2.24) is 15.2 Å². The molecule has 5 unspecified atom stereocenters. The first-order chi connectivity index (χ1) is 21.5. The topological polar surface area (TPSA) is 84.0 Å². The second-order valence-corrected chi connectivity index (χ2v) is 15.0. The van der Waals surface area contributed by atoms with Crippen LogP contribution in [0.3, 0.4) is 0 Å². The number of benzene rings is 1. The fourth-order valence-electron chi connectivity index (χ4n) is 7.97. The van der Waals surface area contributed by atoms with Crippen molar-refractivity contribution in [3.63, 3.8) is 0 Å². The summed E-state index contributed by atoms with van der Waals surface area (Å²) in [4.78, 5) is 38.0. The van der Waals surface area contributed by atoms with Crippen LogP contribution in [0, 0.1) is 29.6 Å². The fourth-order valence-corrected chi connectivity index (χ4v) is 7.97. The third kappa shape index (κ3) is 6.54. The molecule has 1 saturated carbocycles. The van der Waals surface area contributed by atoms with Gasteiger partial charge in [-0.1, -0.05) is 59.4 Å². The van der Waals surface area contributed by atoms with Crippen LogP contribution < -0.4 is 10.2 Å². The number of piperidine rings is 1. The van der Waals surface area contributed by atoms with Crippen LogP contribution in [-0.4, -0.2) is 60.3 Å². The van der Waals surface area contributed by atoms with Gasteiger partial charge in [-0.25, -0.2) is 0 Å². The Kier molecular flexibility index (Phi) is 9.08. The first-order valence-electron chi connectivity index (χ1n) is 16.8. The van der Waals surface area contributed by atoms with E-state index in [9.17, 15) is 9.59 Å². The van der Waals surface area contributed by atoms with Gasteiger partial charge < -0.3 is 19.7 Å². The van der Waals surface area contributed by atoms with Crippen molar-refractivity contribution in [2.24, 2.45) is 29.6 Å². The summed E-state index contributed by atoms with van der Waals surface area (Å²) in [5.41, 5.74) is 3.71. The Morgan fingerprint density at radius 2 is 1.78 bits per heavy atom. The van der Waals surface area contributed by atoms with Crippen molar-refractivity contribution in [2.45, 2.75) is 84.1 Å². The summed E-state index contributed by atoms with van der Waals surface area (Å²) < 4.78 is 12.0. The maximum atomic E-state index is 15.0. The Balaban J connectivity index is 1.32. The molecule has 8 nitrogen and oxygen atoms in total. The van der Waals surface area contributed by atoms with Crippen molar-refractivity contribution in [1.29, 1.82) is 0 Å². The largest absolute Gasteiger partial charge is 0.375 e. The highest BCUT2D eigenvalue weighted by atomic mass is 16.7. The standard InChI is InChI=1S/C37H50N4O4/c1-23(2)18-24(3)40-16-13-28(14-17-40)39-34(42)33(25-8-7-15-38-20-25)41(29-11-9-27(10-12-29)37(4,5)6)35(43)32-26-19-30-31(32)22-45-36(30)44-21-26/h7-12,15,20,23,26,28,30-33,36H,3,13-14,16-19,21-22H2,1-2,4-6H3,(H,39,42)/t26?,30?,31?,32-,33?,36?/m1/s1. The summed E-state index contributed by atoms with van der Waals surface area (Å²) in [6.45, 7) is 18.0. The van der Waals surface area contributed by atoms with Gasteiger partial charge in [0, 0.05) is 66.2 Å². The number of anilines is 1. The quantitative estimate of drug-likeness (QED) is 0.382. The van der Waals surface area contributed by atoms with E-state index >= 15 is 0 Å². The van der Waals surface area contributed by atoms with Gasteiger partial charge in [0.1, 0.15) is 6.04 Å². The van der Waals surface area contributed by atoms with Crippen molar-refractivity contribution in [3.05, 3.63) is 72.2 Å². The molecule has 1 aliphatic carbocycles. The minimum Gasteiger partial charge on any atom is -0.375 e. The molecule has 3 saturated heterocycles. The summed E-state index contributed by atoms with van der Waals surface area (Å²) in [5, 5.41) is 3.36. The molecular formula is C37H50N4O4. The number of ether oxygens (including phenoxy) is 2. The lowest BCUT2D eigenvalue weighted by Crippen LogP contribution is -2.51. The molecule has 242 valence electrons. The van der Waals surface area contributed by atoms with Gasteiger partial charge >= 0.3 is 0 Å². The fraction of sp³-hybridized carbons (Fsp3) is 0.595. The van der Waals surface area contributed by atoms with Crippen LogP contribution in [0.15, 0.2) is 61.1 Å². The number of nitrogens with one attached hydrogen (secondary N) is 1. The number of hydrogen-bond acceptors (Lipinski definition) is 6. The minimum atomic E-state index is -0.861. The second-order valence-electron chi connectivity index (χ2n) is 15.0. The molecule has 45 heavy (non-hydrogen) atoms. The number of likely N-dealkylation sites (tertiary alicyclic amines) is 1. The SMILES string of the molecule is C=C(CC(C)C)N1CCC(NC(=O)C(c2cccnc2)N(C(=O)[C@@H]2C3COC4OCC2C4C3)c2ccc(C(C)(C)C)cc2)CC1. The molecule has 6 atom stereocenters. The molecule has 2 bridgehead atoms. The lowest BCUT2D eigenvalue weighted by Gasteiger charge is -2.38. The average Bonchev–Trinajstić information content (AvgIpc) is 3.55. The highest BCUT2D eigenvalue weighted by molar-refractivity contribution is 6.02. The number of hydrogen-bond donors (Lipinski definition) is 1. The number of carbonyl (C=O) groups is 2. The molecule has 1 aromatic heterocycles.